The summed E-state index contributed by atoms with van der Waals surface area (Å²) in [5.41, 5.74) is 3.36. The lowest BCUT2D eigenvalue weighted by molar-refractivity contribution is 0.0683. The lowest BCUT2D eigenvalue weighted by Crippen LogP contribution is -2.36. The van der Waals surface area contributed by atoms with Crippen LogP contribution in [0, 0.1) is 6.92 Å². The highest BCUT2D eigenvalue weighted by atomic mass is 16.5. The molecule has 0 spiro atoms. The van der Waals surface area contributed by atoms with E-state index >= 15 is 0 Å². The molecule has 1 saturated heterocycles. The Bertz CT molecular complexity index is 785. The summed E-state index contributed by atoms with van der Waals surface area (Å²) in [4.78, 5) is 2.34. The van der Waals surface area contributed by atoms with Crippen molar-refractivity contribution in [1.82, 2.24) is 20.0 Å². The number of aromatic nitrogens is 2. The van der Waals surface area contributed by atoms with Crippen LogP contribution < -0.4 is 14.8 Å². The number of methoxy groups -OCH3 is 1. The van der Waals surface area contributed by atoms with E-state index in [0.717, 1.165) is 37.4 Å². The summed E-state index contributed by atoms with van der Waals surface area (Å²) in [6.07, 6.45) is 6.56. The van der Waals surface area contributed by atoms with Gasteiger partial charge in [-0.05, 0) is 50.6 Å². The summed E-state index contributed by atoms with van der Waals surface area (Å²) < 4.78 is 13.2. The number of nitrogens with zero attached hydrogens (tertiary/aromatic N) is 3. The zero-order chi connectivity index (χ0) is 21.3. The van der Waals surface area contributed by atoms with E-state index in [2.05, 4.69) is 15.3 Å². The molecule has 0 bridgehead atoms. The van der Waals surface area contributed by atoms with E-state index in [4.69, 9.17) is 9.47 Å². The van der Waals surface area contributed by atoms with E-state index in [1.54, 1.807) is 7.11 Å². The fourth-order valence-corrected chi connectivity index (χ4v) is 3.96. The predicted molar refractivity (Wildman–Crippen MR) is 118 cm³/mol. The molecule has 0 aliphatic carbocycles. The molecule has 2 N–H and O–H groups in total. The van der Waals surface area contributed by atoms with E-state index in [1.807, 2.05) is 43.0 Å². The van der Waals surface area contributed by atoms with Crippen LogP contribution in [0.25, 0.3) is 0 Å². The van der Waals surface area contributed by atoms with Crippen LogP contribution >= 0.6 is 0 Å². The average molecular weight is 417 g/mol. The number of aliphatic hydroxyl groups excluding tert-OH is 1. The van der Waals surface area contributed by atoms with Gasteiger partial charge in [-0.25, -0.2) is 0 Å². The monoisotopic (exact) mass is 416 g/mol. The largest absolute Gasteiger partial charge is 0.493 e. The molecule has 3 rings (SSSR count). The van der Waals surface area contributed by atoms with Crippen LogP contribution in [0.3, 0.4) is 0 Å². The van der Waals surface area contributed by atoms with Gasteiger partial charge in [-0.2, -0.15) is 5.10 Å². The van der Waals surface area contributed by atoms with E-state index in [1.165, 1.54) is 31.2 Å². The molecule has 1 aromatic carbocycles. The first-order valence-corrected chi connectivity index (χ1v) is 10.9. The normalized spacial score (nSPS) is 16.3. The maximum atomic E-state index is 10.4. The lowest BCUT2D eigenvalue weighted by atomic mass is 10.2. The fraction of sp³-hybridized carbons (Fsp3) is 0.609. The summed E-state index contributed by atoms with van der Waals surface area (Å²) in [7, 11) is 3.58. The molecule has 166 valence electrons. The number of nitrogens with one attached hydrogen (secondary N) is 1. The fourth-order valence-electron chi connectivity index (χ4n) is 3.96. The lowest BCUT2D eigenvalue weighted by Gasteiger charge is -2.23. The number of hydrogen-bond donors (Lipinski definition) is 2. The van der Waals surface area contributed by atoms with Crippen molar-refractivity contribution in [3.63, 3.8) is 0 Å². The Labute approximate surface area is 180 Å². The Hall–Kier alpha value is -2.09. The smallest absolute Gasteiger partial charge is 0.161 e. The van der Waals surface area contributed by atoms with Crippen molar-refractivity contribution in [2.45, 2.75) is 51.8 Å². The Morgan fingerprint density at radius 1 is 1.13 bits per heavy atom. The Morgan fingerprint density at radius 2 is 1.90 bits per heavy atom. The van der Waals surface area contributed by atoms with Gasteiger partial charge in [0.05, 0.1) is 12.8 Å². The maximum Gasteiger partial charge on any atom is 0.161 e. The zero-order valence-electron chi connectivity index (χ0n) is 18.6. The Kier molecular flexibility index (Phi) is 8.54. The summed E-state index contributed by atoms with van der Waals surface area (Å²) in [5, 5.41) is 18.2. The molecule has 1 aliphatic rings. The van der Waals surface area contributed by atoms with Crippen molar-refractivity contribution >= 4 is 0 Å². The van der Waals surface area contributed by atoms with Gasteiger partial charge in [0.25, 0.3) is 0 Å². The van der Waals surface area contributed by atoms with E-state index in [9.17, 15) is 5.11 Å². The number of likely N-dealkylation sites (tertiary alicyclic amines) is 1. The molecule has 0 saturated carbocycles. The second-order valence-corrected chi connectivity index (χ2v) is 8.18. The van der Waals surface area contributed by atoms with Gasteiger partial charge in [0.1, 0.15) is 12.7 Å². The molecule has 0 radical (unpaired) electrons. The molecular formula is C23H36N4O3. The van der Waals surface area contributed by atoms with E-state index in [0.29, 0.717) is 18.0 Å². The number of aryl methyl sites for hydroxylation is 2. The zero-order valence-corrected chi connectivity index (χ0v) is 18.6. The molecule has 2 aromatic rings. The molecule has 2 heterocycles. The van der Waals surface area contributed by atoms with Gasteiger partial charge in [0.2, 0.25) is 0 Å². The maximum absolute atomic E-state index is 10.4. The van der Waals surface area contributed by atoms with Crippen LogP contribution in [-0.4, -0.2) is 59.2 Å². The summed E-state index contributed by atoms with van der Waals surface area (Å²) in [5.74, 6) is 1.35. The van der Waals surface area contributed by atoms with Gasteiger partial charge in [0.15, 0.2) is 11.5 Å². The van der Waals surface area contributed by atoms with Gasteiger partial charge < -0.3 is 24.8 Å². The van der Waals surface area contributed by atoms with Crippen molar-refractivity contribution in [3.8, 4) is 11.5 Å². The molecule has 1 unspecified atom stereocenters. The van der Waals surface area contributed by atoms with Crippen molar-refractivity contribution in [1.29, 1.82) is 0 Å². The van der Waals surface area contributed by atoms with Gasteiger partial charge >= 0.3 is 0 Å². The van der Waals surface area contributed by atoms with Crippen LogP contribution in [-0.2, 0) is 20.1 Å². The van der Waals surface area contributed by atoms with Crippen LogP contribution in [0.4, 0.5) is 0 Å². The third-order valence-electron chi connectivity index (χ3n) is 5.59. The minimum atomic E-state index is -0.503. The molecule has 30 heavy (non-hydrogen) atoms. The number of ether oxygens (including phenoxy) is 2. The van der Waals surface area contributed by atoms with Crippen LogP contribution in [0.5, 0.6) is 11.5 Å². The molecule has 7 nitrogen and oxygen atoms in total. The first-order chi connectivity index (χ1) is 14.5. The first-order valence-electron chi connectivity index (χ1n) is 10.9. The summed E-state index contributed by atoms with van der Waals surface area (Å²) in [6, 6.07) is 5.94. The molecule has 0 amide bonds. The number of benzene rings is 1. The third-order valence-corrected chi connectivity index (χ3v) is 5.59. The van der Waals surface area contributed by atoms with Crippen LogP contribution in [0.2, 0.25) is 0 Å². The second kappa shape index (κ2) is 11.3. The quantitative estimate of drug-likeness (QED) is 0.620. The van der Waals surface area contributed by atoms with E-state index in [-0.39, 0.29) is 6.61 Å². The SMILES string of the molecule is COc1cc(CNCc2cn(C)nc2C)ccc1OCC(O)CN1CCCCCC1. The molecule has 1 aromatic heterocycles. The molecule has 1 fully saturated rings. The minimum Gasteiger partial charge on any atom is -0.493 e. The standard InChI is InChI=1S/C23H36N4O3/c1-18-20(15-26(2)25-18)14-24-13-19-8-9-22(23(12-19)29-3)30-17-21(28)16-27-10-6-4-5-7-11-27/h8-9,12,15,21,24,28H,4-7,10-11,13-14,16-17H2,1-3H3. The third kappa shape index (κ3) is 6.72. The van der Waals surface area contributed by atoms with Crippen LogP contribution in [0.1, 0.15) is 42.5 Å². The molecule has 1 aliphatic heterocycles. The first kappa shape index (κ1) is 22.6. The Morgan fingerprint density at radius 3 is 2.57 bits per heavy atom. The number of rotatable bonds is 10. The average Bonchev–Trinajstić information content (AvgIpc) is 2.91. The van der Waals surface area contributed by atoms with Gasteiger partial charge in [0, 0.05) is 38.4 Å². The van der Waals surface area contributed by atoms with Gasteiger partial charge in [-0.3, -0.25) is 4.68 Å². The van der Waals surface area contributed by atoms with Crippen LogP contribution in [0.15, 0.2) is 24.4 Å². The highest BCUT2D eigenvalue weighted by molar-refractivity contribution is 5.43. The number of hydrogen-bond acceptors (Lipinski definition) is 6. The summed E-state index contributed by atoms with van der Waals surface area (Å²) in [6.45, 7) is 6.59. The van der Waals surface area contributed by atoms with E-state index < -0.39 is 6.10 Å². The van der Waals surface area contributed by atoms with Gasteiger partial charge in [-0.15, -0.1) is 0 Å². The second-order valence-electron chi connectivity index (χ2n) is 8.18. The minimum absolute atomic E-state index is 0.269. The topological polar surface area (TPSA) is 71.8 Å². The molecule has 7 heteroatoms. The van der Waals surface area contributed by atoms with Crippen molar-refractivity contribution in [2.24, 2.45) is 7.05 Å². The Balaban J connectivity index is 1.47. The summed E-state index contributed by atoms with van der Waals surface area (Å²) >= 11 is 0. The van der Waals surface area contributed by atoms with Crippen molar-refractivity contribution in [2.75, 3.05) is 33.4 Å². The highest BCUT2D eigenvalue weighted by Gasteiger charge is 2.15. The van der Waals surface area contributed by atoms with Crippen molar-refractivity contribution in [3.05, 3.63) is 41.2 Å². The van der Waals surface area contributed by atoms with Gasteiger partial charge in [-0.1, -0.05) is 18.9 Å². The predicted octanol–water partition coefficient (Wildman–Crippen LogP) is 2.64. The number of aliphatic hydroxyl groups is 1. The number of β-amino-alcohol motifs (C(OH)–C–C–N with tert-alkyl or cyclic N) is 1. The van der Waals surface area contributed by atoms with Crippen molar-refractivity contribution < 1.29 is 14.6 Å². The molecule has 1 atom stereocenters. The highest BCUT2D eigenvalue weighted by Crippen LogP contribution is 2.28. The molecular weight excluding hydrogens is 380 g/mol.